The standard InChI is InChI=1S/C16H27NO3S/c1-4-10-17-15(13-21(18)12-11-19-3)14-8-6-7-9-16(14)20-5-2/h6-9,15,17H,4-5,10-13H2,1-3H3. The summed E-state index contributed by atoms with van der Waals surface area (Å²) in [6, 6.07) is 8.03. The molecule has 21 heavy (non-hydrogen) atoms. The van der Waals surface area contributed by atoms with Gasteiger partial charge in [-0.25, -0.2) is 0 Å². The Bertz CT molecular complexity index is 426. The van der Waals surface area contributed by atoms with Crippen molar-refractivity contribution in [2.45, 2.75) is 26.3 Å². The molecule has 1 aromatic carbocycles. The molecule has 0 heterocycles. The van der Waals surface area contributed by atoms with Crippen LogP contribution >= 0.6 is 0 Å². The van der Waals surface area contributed by atoms with E-state index in [0.717, 1.165) is 24.3 Å². The lowest BCUT2D eigenvalue weighted by Crippen LogP contribution is -2.28. The van der Waals surface area contributed by atoms with Crippen molar-refractivity contribution in [1.82, 2.24) is 5.32 Å². The fourth-order valence-corrected chi connectivity index (χ4v) is 3.27. The van der Waals surface area contributed by atoms with Crippen molar-refractivity contribution in [3.63, 3.8) is 0 Å². The topological polar surface area (TPSA) is 47.6 Å². The molecule has 0 bridgehead atoms. The maximum absolute atomic E-state index is 12.2. The summed E-state index contributed by atoms with van der Waals surface area (Å²) in [7, 11) is 0.724. The molecule has 1 rings (SSSR count). The van der Waals surface area contributed by atoms with Gasteiger partial charge in [-0.3, -0.25) is 4.21 Å². The van der Waals surface area contributed by atoms with Crippen LogP contribution in [-0.2, 0) is 15.5 Å². The summed E-state index contributed by atoms with van der Waals surface area (Å²) in [6.07, 6.45) is 1.04. The van der Waals surface area contributed by atoms with E-state index in [1.54, 1.807) is 7.11 Å². The first-order valence-electron chi connectivity index (χ1n) is 7.51. The van der Waals surface area contributed by atoms with Crippen LogP contribution in [0.1, 0.15) is 31.9 Å². The quantitative estimate of drug-likeness (QED) is 0.682. The molecule has 0 radical (unpaired) electrons. The SMILES string of the molecule is CCCNC(CS(=O)CCOC)c1ccccc1OCC. The van der Waals surface area contributed by atoms with Crippen LogP contribution in [0.15, 0.2) is 24.3 Å². The fourth-order valence-electron chi connectivity index (χ4n) is 2.08. The Morgan fingerprint density at radius 3 is 2.71 bits per heavy atom. The molecular weight excluding hydrogens is 286 g/mol. The highest BCUT2D eigenvalue weighted by atomic mass is 32.2. The van der Waals surface area contributed by atoms with Gasteiger partial charge in [-0.05, 0) is 26.0 Å². The van der Waals surface area contributed by atoms with E-state index in [1.165, 1.54) is 0 Å². The highest BCUT2D eigenvalue weighted by molar-refractivity contribution is 7.85. The molecule has 0 amide bonds. The van der Waals surface area contributed by atoms with E-state index >= 15 is 0 Å². The number of nitrogens with one attached hydrogen (secondary N) is 1. The van der Waals surface area contributed by atoms with E-state index in [9.17, 15) is 4.21 Å². The van der Waals surface area contributed by atoms with E-state index < -0.39 is 10.8 Å². The van der Waals surface area contributed by atoms with Gasteiger partial charge in [0.05, 0.1) is 13.2 Å². The zero-order chi connectivity index (χ0) is 15.5. The molecule has 0 aliphatic heterocycles. The third-order valence-corrected chi connectivity index (χ3v) is 4.43. The average Bonchev–Trinajstić information content (AvgIpc) is 2.50. The van der Waals surface area contributed by atoms with Crippen LogP contribution < -0.4 is 10.1 Å². The van der Waals surface area contributed by atoms with E-state index in [0.29, 0.717) is 24.7 Å². The molecule has 0 saturated heterocycles. The number of benzene rings is 1. The van der Waals surface area contributed by atoms with Crippen LogP contribution in [0, 0.1) is 0 Å². The smallest absolute Gasteiger partial charge is 0.124 e. The number of rotatable bonds is 11. The van der Waals surface area contributed by atoms with Gasteiger partial charge >= 0.3 is 0 Å². The number of methoxy groups -OCH3 is 1. The van der Waals surface area contributed by atoms with Gasteiger partial charge < -0.3 is 14.8 Å². The molecule has 0 aliphatic carbocycles. The second kappa shape index (κ2) is 10.8. The van der Waals surface area contributed by atoms with Crippen LogP contribution in [0.5, 0.6) is 5.75 Å². The first-order valence-corrected chi connectivity index (χ1v) is 9.00. The summed E-state index contributed by atoms with van der Waals surface area (Å²) in [4.78, 5) is 0. The van der Waals surface area contributed by atoms with Crippen LogP contribution in [0.4, 0.5) is 0 Å². The fraction of sp³-hybridized carbons (Fsp3) is 0.625. The first-order chi connectivity index (χ1) is 10.2. The zero-order valence-corrected chi connectivity index (χ0v) is 14.1. The second-order valence-electron chi connectivity index (χ2n) is 4.78. The van der Waals surface area contributed by atoms with Crippen molar-refractivity contribution in [1.29, 1.82) is 0 Å². The number of hydrogen-bond donors (Lipinski definition) is 1. The van der Waals surface area contributed by atoms with E-state index in [-0.39, 0.29) is 6.04 Å². The van der Waals surface area contributed by atoms with Crippen molar-refractivity contribution in [3.05, 3.63) is 29.8 Å². The van der Waals surface area contributed by atoms with Crippen LogP contribution in [0.25, 0.3) is 0 Å². The Balaban J connectivity index is 2.83. The lowest BCUT2D eigenvalue weighted by Gasteiger charge is -2.21. The number of hydrogen-bond acceptors (Lipinski definition) is 4. The zero-order valence-electron chi connectivity index (χ0n) is 13.3. The third-order valence-electron chi connectivity index (χ3n) is 3.10. The monoisotopic (exact) mass is 313 g/mol. The van der Waals surface area contributed by atoms with Crippen molar-refractivity contribution >= 4 is 10.8 Å². The van der Waals surface area contributed by atoms with Gasteiger partial charge in [-0.15, -0.1) is 0 Å². The first kappa shape index (κ1) is 18.1. The van der Waals surface area contributed by atoms with Crippen molar-refractivity contribution in [2.75, 3.05) is 38.4 Å². The summed E-state index contributed by atoms with van der Waals surface area (Å²) >= 11 is 0. The van der Waals surface area contributed by atoms with Gasteiger partial charge in [0, 0.05) is 41.0 Å². The van der Waals surface area contributed by atoms with Crippen LogP contribution in [-0.4, -0.2) is 42.6 Å². The van der Waals surface area contributed by atoms with Gasteiger partial charge in [0.25, 0.3) is 0 Å². The van der Waals surface area contributed by atoms with Crippen molar-refractivity contribution in [2.24, 2.45) is 0 Å². The predicted molar refractivity (Wildman–Crippen MR) is 88.4 cm³/mol. The molecular formula is C16H27NO3S. The van der Waals surface area contributed by atoms with Crippen LogP contribution in [0.3, 0.4) is 0 Å². The molecule has 0 saturated carbocycles. The molecule has 1 N–H and O–H groups in total. The Morgan fingerprint density at radius 1 is 1.29 bits per heavy atom. The molecule has 2 atom stereocenters. The highest BCUT2D eigenvalue weighted by Crippen LogP contribution is 2.26. The van der Waals surface area contributed by atoms with E-state index in [4.69, 9.17) is 9.47 Å². The molecule has 4 nitrogen and oxygen atoms in total. The normalized spacial score (nSPS) is 13.9. The summed E-state index contributed by atoms with van der Waals surface area (Å²) in [5, 5.41) is 3.48. The third kappa shape index (κ3) is 6.59. The lowest BCUT2D eigenvalue weighted by molar-refractivity contribution is 0.218. The summed E-state index contributed by atoms with van der Waals surface area (Å²) in [5.74, 6) is 2.02. The summed E-state index contributed by atoms with van der Waals surface area (Å²) < 4.78 is 22.9. The molecule has 0 aliphatic rings. The average molecular weight is 313 g/mol. The Kier molecular flexibility index (Phi) is 9.30. The van der Waals surface area contributed by atoms with Crippen molar-refractivity contribution < 1.29 is 13.7 Å². The maximum atomic E-state index is 12.2. The van der Waals surface area contributed by atoms with Gasteiger partial charge in [0.1, 0.15) is 5.75 Å². The maximum Gasteiger partial charge on any atom is 0.124 e. The Labute approximate surface area is 130 Å². The van der Waals surface area contributed by atoms with Gasteiger partial charge in [0.2, 0.25) is 0 Å². The molecule has 0 fully saturated rings. The minimum Gasteiger partial charge on any atom is -0.494 e. The van der Waals surface area contributed by atoms with Crippen LogP contribution in [0.2, 0.25) is 0 Å². The van der Waals surface area contributed by atoms with E-state index in [2.05, 4.69) is 12.2 Å². The molecule has 0 spiro atoms. The summed E-state index contributed by atoms with van der Waals surface area (Å²) in [5.41, 5.74) is 1.08. The Morgan fingerprint density at radius 2 is 2.05 bits per heavy atom. The molecule has 120 valence electrons. The predicted octanol–water partition coefficient (Wildman–Crippen LogP) is 2.52. The largest absolute Gasteiger partial charge is 0.494 e. The number of ether oxygens (including phenoxy) is 2. The minimum atomic E-state index is -0.909. The molecule has 0 aromatic heterocycles. The summed E-state index contributed by atoms with van der Waals surface area (Å²) in [6.45, 7) is 6.15. The second-order valence-corrected chi connectivity index (χ2v) is 6.40. The van der Waals surface area contributed by atoms with Gasteiger partial charge in [-0.1, -0.05) is 25.1 Å². The van der Waals surface area contributed by atoms with Gasteiger partial charge in [0.15, 0.2) is 0 Å². The highest BCUT2D eigenvalue weighted by Gasteiger charge is 2.18. The molecule has 5 heteroatoms. The Hall–Kier alpha value is -0.910. The minimum absolute atomic E-state index is 0.0467. The number of para-hydroxylation sites is 1. The lowest BCUT2D eigenvalue weighted by atomic mass is 10.1. The molecule has 1 aromatic rings. The van der Waals surface area contributed by atoms with Gasteiger partial charge in [-0.2, -0.15) is 0 Å². The molecule has 2 unspecified atom stereocenters. The van der Waals surface area contributed by atoms with E-state index in [1.807, 2.05) is 31.2 Å². The van der Waals surface area contributed by atoms with Crippen molar-refractivity contribution in [3.8, 4) is 5.75 Å².